The molecule has 1 N–H and O–H groups in total. The van der Waals surface area contributed by atoms with Gasteiger partial charge in [-0.2, -0.15) is 0 Å². The molecule has 0 heterocycles. The highest BCUT2D eigenvalue weighted by Gasteiger charge is 2.30. The molecule has 4 nitrogen and oxygen atoms in total. The summed E-state index contributed by atoms with van der Waals surface area (Å²) < 4.78 is 4.69. The summed E-state index contributed by atoms with van der Waals surface area (Å²) in [4.78, 5) is 13.3. The van der Waals surface area contributed by atoms with Gasteiger partial charge in [-0.3, -0.25) is 4.79 Å². The van der Waals surface area contributed by atoms with Crippen molar-refractivity contribution >= 4 is 5.97 Å². The molecule has 0 saturated heterocycles. The number of hydrogen-bond acceptors (Lipinski definition) is 4. The Morgan fingerprint density at radius 1 is 1.57 bits per heavy atom. The maximum Gasteiger partial charge on any atom is 0.312 e. The molecule has 0 aromatic heterocycles. The van der Waals surface area contributed by atoms with Gasteiger partial charge in [0.15, 0.2) is 0 Å². The first kappa shape index (κ1) is 13.4. The highest BCUT2D eigenvalue weighted by Crippen LogP contribution is 2.18. The third kappa shape index (κ3) is 4.58. The van der Waals surface area contributed by atoms with E-state index < -0.39 is 5.41 Å². The van der Waals surface area contributed by atoms with Gasteiger partial charge >= 0.3 is 5.97 Å². The Balaban J connectivity index is 4.14. The zero-order chi connectivity index (χ0) is 11.4. The molecule has 0 aromatic carbocycles. The van der Waals surface area contributed by atoms with E-state index in [0.29, 0.717) is 13.1 Å². The summed E-state index contributed by atoms with van der Waals surface area (Å²) in [6.07, 6.45) is -0.381. The Morgan fingerprint density at radius 2 is 2.07 bits per heavy atom. The van der Waals surface area contributed by atoms with Crippen LogP contribution in [-0.4, -0.2) is 49.3 Å². The Labute approximate surface area is 85.9 Å². The molecule has 0 aromatic rings. The van der Waals surface area contributed by atoms with E-state index in [4.69, 9.17) is 9.84 Å². The number of carbonyl (C=O) groups excluding carboxylic acids is 1. The van der Waals surface area contributed by atoms with E-state index in [1.165, 1.54) is 7.11 Å². The van der Waals surface area contributed by atoms with Gasteiger partial charge in [-0.25, -0.2) is 0 Å². The molecule has 0 aliphatic heterocycles. The highest BCUT2D eigenvalue weighted by atomic mass is 16.5. The van der Waals surface area contributed by atoms with E-state index in [1.807, 2.05) is 25.8 Å². The molecule has 0 saturated carbocycles. The molecule has 84 valence electrons. The van der Waals surface area contributed by atoms with Crippen LogP contribution in [0.15, 0.2) is 0 Å². The van der Waals surface area contributed by atoms with E-state index in [0.717, 1.165) is 0 Å². The first-order chi connectivity index (χ1) is 6.29. The maximum absolute atomic E-state index is 11.3. The van der Waals surface area contributed by atoms with Crippen molar-refractivity contribution in [3.05, 3.63) is 0 Å². The van der Waals surface area contributed by atoms with Crippen LogP contribution in [0.5, 0.6) is 0 Å². The van der Waals surface area contributed by atoms with Gasteiger partial charge in [-0.1, -0.05) is 0 Å². The number of aliphatic hydroxyl groups excluding tert-OH is 1. The molecule has 0 fully saturated rings. The smallest absolute Gasteiger partial charge is 0.312 e. The van der Waals surface area contributed by atoms with Crippen LogP contribution in [0, 0.1) is 5.41 Å². The zero-order valence-corrected chi connectivity index (χ0v) is 9.70. The predicted octanol–water partition coefficient (Wildman–Crippen LogP) is 0.498. The van der Waals surface area contributed by atoms with Crippen molar-refractivity contribution in [3.8, 4) is 0 Å². The molecule has 0 spiro atoms. The lowest BCUT2D eigenvalue weighted by Crippen LogP contribution is -2.40. The van der Waals surface area contributed by atoms with Gasteiger partial charge in [0.2, 0.25) is 0 Å². The summed E-state index contributed by atoms with van der Waals surface area (Å²) in [5.41, 5.74) is -0.529. The standard InChI is InChI=1S/C10H21NO3/c1-8(12)6-11(4)7-10(2,3)9(13)14-5/h8,12H,6-7H2,1-5H3. The van der Waals surface area contributed by atoms with E-state index in [2.05, 4.69) is 0 Å². The molecule has 0 aliphatic carbocycles. The number of aliphatic hydroxyl groups is 1. The van der Waals surface area contributed by atoms with Crippen LogP contribution >= 0.6 is 0 Å². The monoisotopic (exact) mass is 203 g/mol. The van der Waals surface area contributed by atoms with E-state index in [9.17, 15) is 4.79 Å². The van der Waals surface area contributed by atoms with Crippen molar-refractivity contribution in [1.82, 2.24) is 4.90 Å². The molecule has 0 radical (unpaired) electrons. The Hall–Kier alpha value is -0.610. The minimum atomic E-state index is -0.529. The number of ether oxygens (including phenoxy) is 1. The molecular formula is C10H21NO3. The lowest BCUT2D eigenvalue weighted by Gasteiger charge is -2.28. The SMILES string of the molecule is COC(=O)C(C)(C)CN(C)CC(C)O. The van der Waals surface area contributed by atoms with Crippen LogP contribution in [0.4, 0.5) is 0 Å². The fraction of sp³-hybridized carbons (Fsp3) is 0.900. The van der Waals surface area contributed by atoms with Gasteiger partial charge in [-0.05, 0) is 27.8 Å². The minimum Gasteiger partial charge on any atom is -0.469 e. The summed E-state index contributed by atoms with van der Waals surface area (Å²) in [7, 11) is 3.26. The number of hydrogen-bond donors (Lipinski definition) is 1. The summed E-state index contributed by atoms with van der Waals surface area (Å²) in [5, 5.41) is 9.16. The summed E-state index contributed by atoms with van der Waals surface area (Å²) in [6, 6.07) is 0. The molecule has 0 aliphatic rings. The molecular weight excluding hydrogens is 182 g/mol. The summed E-state index contributed by atoms with van der Waals surface area (Å²) in [5.74, 6) is -0.227. The largest absolute Gasteiger partial charge is 0.469 e. The van der Waals surface area contributed by atoms with E-state index in [1.54, 1.807) is 6.92 Å². The van der Waals surface area contributed by atoms with E-state index in [-0.39, 0.29) is 12.1 Å². The fourth-order valence-electron chi connectivity index (χ4n) is 1.53. The molecule has 1 unspecified atom stereocenters. The second-order valence-electron chi connectivity index (χ2n) is 4.42. The average molecular weight is 203 g/mol. The van der Waals surface area contributed by atoms with Gasteiger partial charge in [0.05, 0.1) is 18.6 Å². The van der Waals surface area contributed by atoms with Crippen molar-refractivity contribution in [2.24, 2.45) is 5.41 Å². The van der Waals surface area contributed by atoms with Crippen LogP contribution in [-0.2, 0) is 9.53 Å². The molecule has 0 amide bonds. The topological polar surface area (TPSA) is 49.8 Å². The molecule has 4 heteroatoms. The van der Waals surface area contributed by atoms with Crippen molar-refractivity contribution < 1.29 is 14.6 Å². The molecule has 1 atom stereocenters. The van der Waals surface area contributed by atoms with Crippen molar-refractivity contribution in [1.29, 1.82) is 0 Å². The Morgan fingerprint density at radius 3 is 2.43 bits per heavy atom. The molecule has 14 heavy (non-hydrogen) atoms. The van der Waals surface area contributed by atoms with Gasteiger partial charge < -0.3 is 14.7 Å². The van der Waals surface area contributed by atoms with Gasteiger partial charge in [0, 0.05) is 13.1 Å². The van der Waals surface area contributed by atoms with E-state index >= 15 is 0 Å². The van der Waals surface area contributed by atoms with Gasteiger partial charge in [0.25, 0.3) is 0 Å². The first-order valence-electron chi connectivity index (χ1n) is 4.74. The molecule has 0 bridgehead atoms. The number of nitrogens with zero attached hydrogens (tertiary/aromatic N) is 1. The number of rotatable bonds is 5. The van der Waals surface area contributed by atoms with Crippen molar-refractivity contribution in [2.75, 3.05) is 27.2 Å². The second kappa shape index (κ2) is 5.32. The van der Waals surface area contributed by atoms with Crippen LogP contribution in [0.1, 0.15) is 20.8 Å². The quantitative estimate of drug-likeness (QED) is 0.661. The fourth-order valence-corrected chi connectivity index (χ4v) is 1.53. The zero-order valence-electron chi connectivity index (χ0n) is 9.70. The first-order valence-corrected chi connectivity index (χ1v) is 4.74. The number of esters is 1. The van der Waals surface area contributed by atoms with Crippen LogP contribution in [0.25, 0.3) is 0 Å². The van der Waals surface area contributed by atoms with Crippen LogP contribution in [0.3, 0.4) is 0 Å². The van der Waals surface area contributed by atoms with Gasteiger partial charge in [0.1, 0.15) is 0 Å². The van der Waals surface area contributed by atoms with Crippen molar-refractivity contribution in [2.45, 2.75) is 26.9 Å². The number of methoxy groups -OCH3 is 1. The third-order valence-electron chi connectivity index (χ3n) is 1.98. The van der Waals surface area contributed by atoms with Crippen molar-refractivity contribution in [3.63, 3.8) is 0 Å². The number of likely N-dealkylation sites (N-methyl/N-ethyl adjacent to an activating group) is 1. The lowest BCUT2D eigenvalue weighted by molar-refractivity contribution is -0.151. The predicted molar refractivity (Wildman–Crippen MR) is 55.0 cm³/mol. The summed E-state index contributed by atoms with van der Waals surface area (Å²) in [6.45, 7) is 6.52. The summed E-state index contributed by atoms with van der Waals surface area (Å²) >= 11 is 0. The second-order valence-corrected chi connectivity index (χ2v) is 4.42. The molecule has 0 rings (SSSR count). The van der Waals surface area contributed by atoms with Crippen LogP contribution in [0.2, 0.25) is 0 Å². The lowest BCUT2D eigenvalue weighted by atomic mass is 9.93. The average Bonchev–Trinajstić information content (AvgIpc) is 1.99. The highest BCUT2D eigenvalue weighted by molar-refractivity contribution is 5.76. The number of carbonyl (C=O) groups is 1. The Bertz CT molecular complexity index is 190. The van der Waals surface area contributed by atoms with Crippen LogP contribution < -0.4 is 0 Å². The van der Waals surface area contributed by atoms with Gasteiger partial charge in [-0.15, -0.1) is 0 Å². The third-order valence-corrected chi connectivity index (χ3v) is 1.98. The minimum absolute atomic E-state index is 0.227. The maximum atomic E-state index is 11.3. The normalized spacial score (nSPS) is 14.2. The Kier molecular flexibility index (Phi) is 5.08.